The number of anilines is 1. The Morgan fingerprint density at radius 2 is 2.09 bits per heavy atom. The zero-order valence-corrected chi connectivity index (χ0v) is 20.6. The van der Waals surface area contributed by atoms with E-state index in [4.69, 9.17) is 14.5 Å². The Bertz CT molecular complexity index is 1190. The molecule has 1 fully saturated rings. The number of hydrogen-bond acceptors (Lipinski definition) is 9. The van der Waals surface area contributed by atoms with Crippen LogP contribution < -0.4 is 4.90 Å². The average molecular weight is 473 g/mol. The third-order valence-corrected chi connectivity index (χ3v) is 8.82. The van der Waals surface area contributed by atoms with Crippen molar-refractivity contribution in [2.45, 2.75) is 68.9 Å². The lowest BCUT2D eigenvalue weighted by Crippen LogP contribution is -2.33. The van der Waals surface area contributed by atoms with Crippen LogP contribution in [-0.4, -0.2) is 52.0 Å². The van der Waals surface area contributed by atoms with Gasteiger partial charge in [-0.05, 0) is 38.7 Å². The molecule has 1 saturated heterocycles. The van der Waals surface area contributed by atoms with Crippen molar-refractivity contribution in [1.29, 1.82) is 0 Å². The molecular formula is C23H28N4O3S2. The SMILES string of the molecule is CC[C@@H](Sc1ncnc2c1sc1nc(N3CCCC3)c3c(c12)CC(C)(C)OC3)C(=O)OC. The van der Waals surface area contributed by atoms with Crippen LogP contribution in [0.25, 0.3) is 20.4 Å². The number of ether oxygens (including phenoxy) is 2. The molecule has 5 heterocycles. The molecule has 1 atom stereocenters. The van der Waals surface area contributed by atoms with E-state index in [1.54, 1.807) is 17.7 Å². The monoisotopic (exact) mass is 472 g/mol. The summed E-state index contributed by atoms with van der Waals surface area (Å²) in [5, 5.41) is 1.64. The van der Waals surface area contributed by atoms with Gasteiger partial charge in [0, 0.05) is 30.5 Å². The molecule has 0 bridgehead atoms. The summed E-state index contributed by atoms with van der Waals surface area (Å²) in [6.07, 6.45) is 5.50. The van der Waals surface area contributed by atoms with Crippen molar-refractivity contribution >= 4 is 55.3 Å². The van der Waals surface area contributed by atoms with Gasteiger partial charge in [-0.25, -0.2) is 15.0 Å². The predicted molar refractivity (Wildman–Crippen MR) is 129 cm³/mol. The summed E-state index contributed by atoms with van der Waals surface area (Å²) >= 11 is 3.08. The fourth-order valence-electron chi connectivity index (χ4n) is 4.61. The minimum Gasteiger partial charge on any atom is -0.468 e. The third-order valence-electron chi connectivity index (χ3n) is 6.27. The molecule has 32 heavy (non-hydrogen) atoms. The molecule has 170 valence electrons. The van der Waals surface area contributed by atoms with Gasteiger partial charge in [0.25, 0.3) is 0 Å². The predicted octanol–water partition coefficient (Wildman–Crippen LogP) is 4.73. The third kappa shape index (κ3) is 3.74. The number of carbonyl (C=O) groups excluding carboxylic acids is 1. The van der Waals surface area contributed by atoms with Crippen molar-refractivity contribution in [1.82, 2.24) is 15.0 Å². The van der Waals surface area contributed by atoms with E-state index >= 15 is 0 Å². The number of aromatic nitrogens is 3. The zero-order valence-electron chi connectivity index (χ0n) is 18.9. The number of rotatable bonds is 5. The first kappa shape index (κ1) is 21.9. The Labute approximate surface area is 195 Å². The number of thioether (sulfide) groups is 1. The molecule has 0 aliphatic carbocycles. The van der Waals surface area contributed by atoms with Crippen LogP contribution in [0.2, 0.25) is 0 Å². The summed E-state index contributed by atoms with van der Waals surface area (Å²) in [4.78, 5) is 30.0. The van der Waals surface area contributed by atoms with E-state index < -0.39 is 0 Å². The topological polar surface area (TPSA) is 77.4 Å². The highest BCUT2D eigenvalue weighted by Gasteiger charge is 2.33. The van der Waals surface area contributed by atoms with E-state index in [0.29, 0.717) is 13.0 Å². The number of hydrogen-bond donors (Lipinski definition) is 0. The van der Waals surface area contributed by atoms with Gasteiger partial charge in [0.1, 0.15) is 27.3 Å². The molecule has 7 nitrogen and oxygen atoms in total. The number of thiophene rings is 1. The van der Waals surface area contributed by atoms with Gasteiger partial charge >= 0.3 is 5.97 Å². The van der Waals surface area contributed by atoms with E-state index in [9.17, 15) is 4.79 Å². The number of nitrogens with zero attached hydrogens (tertiary/aromatic N) is 4. The van der Waals surface area contributed by atoms with Crippen molar-refractivity contribution in [3.05, 3.63) is 17.5 Å². The first-order valence-corrected chi connectivity index (χ1v) is 12.8. The Kier molecular flexibility index (Phi) is 5.75. The number of methoxy groups -OCH3 is 1. The Morgan fingerprint density at radius 3 is 2.81 bits per heavy atom. The van der Waals surface area contributed by atoms with Crippen LogP contribution in [-0.2, 0) is 27.3 Å². The second-order valence-corrected chi connectivity index (χ2v) is 11.2. The van der Waals surface area contributed by atoms with Crippen molar-refractivity contribution in [2.24, 2.45) is 0 Å². The molecule has 5 rings (SSSR count). The maximum absolute atomic E-state index is 12.2. The molecule has 9 heteroatoms. The van der Waals surface area contributed by atoms with Gasteiger partial charge in [0.15, 0.2) is 0 Å². The highest BCUT2D eigenvalue weighted by atomic mass is 32.2. The van der Waals surface area contributed by atoms with E-state index in [2.05, 4.69) is 28.7 Å². The molecule has 0 spiro atoms. The second kappa shape index (κ2) is 8.43. The van der Waals surface area contributed by atoms with Crippen molar-refractivity contribution in [3.63, 3.8) is 0 Å². The molecule has 2 aliphatic rings. The Balaban J connectivity index is 1.71. The molecule has 3 aromatic heterocycles. The smallest absolute Gasteiger partial charge is 0.319 e. The van der Waals surface area contributed by atoms with Gasteiger partial charge in [-0.3, -0.25) is 4.79 Å². The van der Waals surface area contributed by atoms with Crippen LogP contribution in [0.4, 0.5) is 5.82 Å². The average Bonchev–Trinajstić information content (AvgIpc) is 3.44. The number of fused-ring (bicyclic) bond motifs is 5. The Morgan fingerprint density at radius 1 is 1.31 bits per heavy atom. The first-order chi connectivity index (χ1) is 15.4. The highest BCUT2D eigenvalue weighted by molar-refractivity contribution is 8.00. The summed E-state index contributed by atoms with van der Waals surface area (Å²) < 4.78 is 12.2. The summed E-state index contributed by atoms with van der Waals surface area (Å²) in [6.45, 7) is 8.92. The van der Waals surface area contributed by atoms with Crippen molar-refractivity contribution in [2.75, 3.05) is 25.1 Å². The van der Waals surface area contributed by atoms with E-state index in [0.717, 1.165) is 50.8 Å². The van der Waals surface area contributed by atoms with E-state index in [1.165, 1.54) is 42.8 Å². The molecular weight excluding hydrogens is 444 g/mol. The fourth-order valence-corrected chi connectivity index (χ4v) is 6.86. The highest BCUT2D eigenvalue weighted by Crippen LogP contribution is 2.45. The molecule has 3 aromatic rings. The van der Waals surface area contributed by atoms with Crippen LogP contribution in [0.5, 0.6) is 0 Å². The van der Waals surface area contributed by atoms with Crippen LogP contribution >= 0.6 is 23.1 Å². The van der Waals surface area contributed by atoms with Crippen LogP contribution in [0.1, 0.15) is 51.2 Å². The molecule has 0 aromatic carbocycles. The largest absolute Gasteiger partial charge is 0.468 e. The molecule has 0 unspecified atom stereocenters. The maximum Gasteiger partial charge on any atom is 0.319 e. The van der Waals surface area contributed by atoms with E-state index in [-0.39, 0.29) is 16.8 Å². The summed E-state index contributed by atoms with van der Waals surface area (Å²) in [5.41, 5.74) is 3.19. The summed E-state index contributed by atoms with van der Waals surface area (Å²) in [5.74, 6) is 0.839. The Hall–Kier alpha value is -1.97. The standard InChI is InChI=1S/C23H28N4O3S2/c1-5-15(22(28)29-4)31-21-18-17(24-12-25-21)16-13-10-23(2,3)30-11-14(13)19(26-20(16)32-18)27-8-6-7-9-27/h12,15H,5-11H2,1-4H3/t15-/m1/s1. The lowest BCUT2D eigenvalue weighted by Gasteiger charge is -2.34. The number of pyridine rings is 1. The first-order valence-electron chi connectivity index (χ1n) is 11.1. The molecule has 0 amide bonds. The van der Waals surface area contributed by atoms with Gasteiger partial charge in [0.2, 0.25) is 0 Å². The molecule has 0 N–H and O–H groups in total. The number of carbonyl (C=O) groups is 1. The molecule has 0 saturated carbocycles. The van der Waals surface area contributed by atoms with Gasteiger partial charge in [-0.1, -0.05) is 18.7 Å². The minimum atomic E-state index is -0.294. The fraction of sp³-hybridized carbons (Fsp3) is 0.565. The van der Waals surface area contributed by atoms with Gasteiger partial charge in [-0.2, -0.15) is 0 Å². The van der Waals surface area contributed by atoms with Gasteiger partial charge < -0.3 is 14.4 Å². The maximum atomic E-state index is 12.2. The van der Waals surface area contributed by atoms with E-state index in [1.807, 2.05) is 6.92 Å². The van der Waals surface area contributed by atoms with Crippen LogP contribution in [0.15, 0.2) is 11.4 Å². The quantitative estimate of drug-likeness (QED) is 0.300. The lowest BCUT2D eigenvalue weighted by atomic mass is 9.90. The summed E-state index contributed by atoms with van der Waals surface area (Å²) in [6, 6.07) is 0. The zero-order chi connectivity index (χ0) is 22.5. The van der Waals surface area contributed by atoms with Crippen molar-refractivity contribution in [3.8, 4) is 0 Å². The van der Waals surface area contributed by atoms with Crippen LogP contribution in [0, 0.1) is 0 Å². The van der Waals surface area contributed by atoms with Gasteiger partial charge in [0.05, 0.1) is 29.5 Å². The molecule has 2 aliphatic heterocycles. The second-order valence-electron chi connectivity index (χ2n) is 8.99. The molecule has 0 radical (unpaired) electrons. The normalized spacial score (nSPS) is 18.8. The number of esters is 1. The summed E-state index contributed by atoms with van der Waals surface area (Å²) in [7, 11) is 1.43. The lowest BCUT2D eigenvalue weighted by molar-refractivity contribution is -0.140. The van der Waals surface area contributed by atoms with Gasteiger partial charge in [-0.15, -0.1) is 11.3 Å². The minimum absolute atomic E-state index is 0.226. The van der Waals surface area contributed by atoms with Crippen LogP contribution in [0.3, 0.4) is 0 Å². The van der Waals surface area contributed by atoms with Crippen molar-refractivity contribution < 1.29 is 14.3 Å².